The van der Waals surface area contributed by atoms with Gasteiger partial charge >= 0.3 is 11.7 Å². The van der Waals surface area contributed by atoms with Crippen LogP contribution in [0.3, 0.4) is 0 Å². The van der Waals surface area contributed by atoms with Crippen LogP contribution < -0.4 is 10.5 Å². The summed E-state index contributed by atoms with van der Waals surface area (Å²) in [6.07, 6.45) is 3.04. The predicted molar refractivity (Wildman–Crippen MR) is 113 cm³/mol. The van der Waals surface area contributed by atoms with Crippen molar-refractivity contribution in [2.24, 2.45) is 0 Å². The van der Waals surface area contributed by atoms with Crippen LogP contribution in [0.15, 0.2) is 58.0 Å². The number of benzene rings is 1. The zero-order chi connectivity index (χ0) is 20.8. The molecule has 1 fully saturated rings. The highest BCUT2D eigenvalue weighted by Crippen LogP contribution is 2.26. The van der Waals surface area contributed by atoms with Crippen molar-refractivity contribution < 1.29 is 14.3 Å². The lowest BCUT2D eigenvalue weighted by Crippen LogP contribution is -2.49. The first-order valence-corrected chi connectivity index (χ1v) is 9.74. The fourth-order valence-electron chi connectivity index (χ4n) is 3.93. The van der Waals surface area contributed by atoms with Crippen molar-refractivity contribution in [3.8, 4) is 11.1 Å². The summed E-state index contributed by atoms with van der Waals surface area (Å²) in [6, 6.07) is 11.6. The third kappa shape index (κ3) is 3.16. The van der Waals surface area contributed by atoms with Gasteiger partial charge in [-0.2, -0.15) is 0 Å². The molecule has 1 aromatic carbocycles. The molecular formula is C22H20N4O4. The molecule has 0 saturated carbocycles. The van der Waals surface area contributed by atoms with E-state index in [1.165, 1.54) is 4.90 Å². The largest absolute Gasteiger partial charge is 0.465 e. The van der Waals surface area contributed by atoms with Gasteiger partial charge in [-0.1, -0.05) is 12.1 Å². The van der Waals surface area contributed by atoms with Crippen LogP contribution in [0.1, 0.15) is 5.69 Å². The summed E-state index contributed by atoms with van der Waals surface area (Å²) in [5.41, 5.74) is 4.36. The first-order valence-electron chi connectivity index (χ1n) is 9.74. The van der Waals surface area contributed by atoms with Crippen molar-refractivity contribution in [3.05, 3.63) is 64.9 Å². The number of carboxylic acid groups (broad SMARTS) is 1. The molecule has 0 radical (unpaired) electrons. The minimum Gasteiger partial charge on any atom is -0.465 e. The maximum Gasteiger partial charge on any atom is 0.407 e. The first kappa shape index (κ1) is 18.2. The summed E-state index contributed by atoms with van der Waals surface area (Å²) in [5.74, 6) is 0. The zero-order valence-electron chi connectivity index (χ0n) is 16.4. The molecule has 1 N–H and O–H groups in total. The number of carbonyl (C=O) groups is 1. The van der Waals surface area contributed by atoms with E-state index in [0.717, 1.165) is 27.9 Å². The number of nitrogens with zero attached hydrogens (tertiary/aromatic N) is 4. The van der Waals surface area contributed by atoms with Crippen LogP contribution in [0.5, 0.6) is 0 Å². The van der Waals surface area contributed by atoms with Crippen LogP contribution in [0, 0.1) is 6.92 Å². The maximum absolute atomic E-state index is 12.6. The highest BCUT2D eigenvalue weighted by atomic mass is 16.4. The minimum atomic E-state index is -0.934. The number of hydrogen-bond donors (Lipinski definition) is 1. The number of amides is 1. The van der Waals surface area contributed by atoms with Crippen LogP contribution in [0.25, 0.3) is 27.7 Å². The molecule has 0 aliphatic carbocycles. The molecule has 8 heteroatoms. The standard InChI is InChI=1S/C22H20N4O4/c1-14-12-26-13-17(4-5-20(26)23-14)15-2-3-16-10-18(21(27)30-19(16)11-15)24-6-8-25(9-7-24)22(28)29/h2-5,10-13H,6-9H2,1H3,(H,28,29). The molecule has 4 heterocycles. The smallest absolute Gasteiger partial charge is 0.407 e. The summed E-state index contributed by atoms with van der Waals surface area (Å²) in [4.78, 5) is 31.4. The van der Waals surface area contributed by atoms with Gasteiger partial charge in [-0.25, -0.2) is 14.6 Å². The number of fused-ring (bicyclic) bond motifs is 2. The number of pyridine rings is 1. The molecule has 3 aromatic heterocycles. The van der Waals surface area contributed by atoms with Crippen LogP contribution in [0.4, 0.5) is 10.5 Å². The Kier molecular flexibility index (Phi) is 4.20. The molecule has 0 atom stereocenters. The second-order valence-electron chi connectivity index (χ2n) is 7.49. The molecule has 1 aliphatic rings. The lowest BCUT2D eigenvalue weighted by Gasteiger charge is -2.33. The summed E-state index contributed by atoms with van der Waals surface area (Å²) in [6.45, 7) is 3.61. The van der Waals surface area contributed by atoms with Crippen molar-refractivity contribution in [1.29, 1.82) is 0 Å². The van der Waals surface area contributed by atoms with Gasteiger partial charge in [0.05, 0.1) is 5.69 Å². The molecule has 1 aliphatic heterocycles. The SMILES string of the molecule is Cc1cn2cc(-c3ccc4cc(N5CCN(C(=O)O)CC5)c(=O)oc4c3)ccc2n1. The van der Waals surface area contributed by atoms with Crippen molar-refractivity contribution in [3.63, 3.8) is 0 Å². The van der Waals surface area contributed by atoms with E-state index in [-0.39, 0.29) is 0 Å². The number of anilines is 1. The van der Waals surface area contributed by atoms with Crippen molar-refractivity contribution in [2.75, 3.05) is 31.1 Å². The lowest BCUT2D eigenvalue weighted by molar-refractivity contribution is 0.142. The minimum absolute atomic E-state index is 0.363. The van der Waals surface area contributed by atoms with Gasteiger partial charge in [0.2, 0.25) is 0 Å². The number of aromatic nitrogens is 2. The van der Waals surface area contributed by atoms with Crippen molar-refractivity contribution in [1.82, 2.24) is 14.3 Å². The van der Waals surface area contributed by atoms with Gasteiger partial charge in [0.15, 0.2) is 0 Å². The molecule has 0 bridgehead atoms. The van der Waals surface area contributed by atoms with Gasteiger partial charge < -0.3 is 23.7 Å². The molecule has 152 valence electrons. The Morgan fingerprint density at radius 3 is 2.57 bits per heavy atom. The fourth-order valence-corrected chi connectivity index (χ4v) is 3.93. The molecule has 5 rings (SSSR count). The first-order chi connectivity index (χ1) is 14.5. The van der Waals surface area contributed by atoms with Gasteiger partial charge in [-0.3, -0.25) is 0 Å². The topological polar surface area (TPSA) is 91.3 Å². The third-order valence-electron chi connectivity index (χ3n) is 5.51. The van der Waals surface area contributed by atoms with Gasteiger partial charge in [-0.05, 0) is 42.3 Å². The Balaban J connectivity index is 1.47. The third-order valence-corrected chi connectivity index (χ3v) is 5.51. The summed E-state index contributed by atoms with van der Waals surface area (Å²) < 4.78 is 7.60. The average Bonchev–Trinajstić information content (AvgIpc) is 3.12. The van der Waals surface area contributed by atoms with E-state index in [1.807, 2.05) is 65.0 Å². The van der Waals surface area contributed by atoms with Crippen LogP contribution >= 0.6 is 0 Å². The van der Waals surface area contributed by atoms with Gasteiger partial charge in [-0.15, -0.1) is 0 Å². The average molecular weight is 404 g/mol. The summed E-state index contributed by atoms with van der Waals surface area (Å²) >= 11 is 0. The maximum atomic E-state index is 12.6. The number of rotatable bonds is 2. The van der Waals surface area contributed by atoms with Gasteiger partial charge in [0, 0.05) is 44.0 Å². The van der Waals surface area contributed by atoms with Gasteiger partial charge in [0.25, 0.3) is 0 Å². The van der Waals surface area contributed by atoms with E-state index < -0.39 is 11.7 Å². The second-order valence-corrected chi connectivity index (χ2v) is 7.49. The Morgan fingerprint density at radius 2 is 1.80 bits per heavy atom. The van der Waals surface area contributed by atoms with E-state index in [2.05, 4.69) is 4.98 Å². The van der Waals surface area contributed by atoms with E-state index in [1.54, 1.807) is 0 Å². The Bertz CT molecular complexity index is 1330. The van der Waals surface area contributed by atoms with Crippen LogP contribution in [-0.4, -0.2) is 51.7 Å². The van der Waals surface area contributed by atoms with Crippen molar-refractivity contribution in [2.45, 2.75) is 6.92 Å². The molecule has 8 nitrogen and oxygen atoms in total. The highest BCUT2D eigenvalue weighted by molar-refractivity contribution is 5.85. The van der Waals surface area contributed by atoms with Crippen molar-refractivity contribution >= 4 is 28.4 Å². The van der Waals surface area contributed by atoms with Crippen LogP contribution in [-0.2, 0) is 0 Å². The molecular weight excluding hydrogens is 384 g/mol. The zero-order valence-corrected chi connectivity index (χ0v) is 16.4. The molecule has 4 aromatic rings. The van der Waals surface area contributed by atoms with E-state index in [9.17, 15) is 9.59 Å². The van der Waals surface area contributed by atoms with E-state index in [0.29, 0.717) is 37.4 Å². The number of hydrogen-bond acceptors (Lipinski definition) is 5. The Labute approximate surface area is 171 Å². The highest BCUT2D eigenvalue weighted by Gasteiger charge is 2.23. The summed E-state index contributed by atoms with van der Waals surface area (Å²) in [7, 11) is 0. The number of piperazine rings is 1. The molecule has 0 unspecified atom stereocenters. The van der Waals surface area contributed by atoms with E-state index >= 15 is 0 Å². The second kappa shape index (κ2) is 6.91. The fraction of sp³-hybridized carbons (Fsp3) is 0.227. The van der Waals surface area contributed by atoms with E-state index in [4.69, 9.17) is 9.52 Å². The Hall–Kier alpha value is -3.81. The molecule has 1 saturated heterocycles. The normalized spacial score (nSPS) is 14.6. The number of imidazole rings is 1. The predicted octanol–water partition coefficient (Wildman–Crippen LogP) is 3.22. The molecule has 1 amide bonds. The summed E-state index contributed by atoms with van der Waals surface area (Å²) in [5, 5.41) is 9.92. The molecule has 0 spiro atoms. The van der Waals surface area contributed by atoms with Gasteiger partial charge in [0.1, 0.15) is 16.9 Å². The monoisotopic (exact) mass is 404 g/mol. The van der Waals surface area contributed by atoms with Crippen LogP contribution in [0.2, 0.25) is 0 Å². The lowest BCUT2D eigenvalue weighted by atomic mass is 10.1. The number of aryl methyl sites for hydroxylation is 1. The Morgan fingerprint density at radius 1 is 1.03 bits per heavy atom. The quantitative estimate of drug-likeness (QED) is 0.516. The molecule has 30 heavy (non-hydrogen) atoms.